The molecule has 0 radical (unpaired) electrons. The zero-order valence-electron chi connectivity index (χ0n) is 11.7. The van der Waals surface area contributed by atoms with Gasteiger partial charge in [0, 0.05) is 18.5 Å². The van der Waals surface area contributed by atoms with E-state index in [-0.39, 0.29) is 30.1 Å². The summed E-state index contributed by atoms with van der Waals surface area (Å²) in [4.78, 5) is 23.1. The Kier molecular flexibility index (Phi) is 6.95. The van der Waals surface area contributed by atoms with Crippen LogP contribution in [0.4, 0.5) is 11.4 Å². The second-order valence-corrected chi connectivity index (χ2v) is 5.30. The van der Waals surface area contributed by atoms with Crippen LogP contribution in [0.1, 0.15) is 19.8 Å². The first-order valence-electron chi connectivity index (χ1n) is 6.65. The van der Waals surface area contributed by atoms with Crippen molar-refractivity contribution in [1.82, 2.24) is 5.32 Å². The van der Waals surface area contributed by atoms with Crippen molar-refractivity contribution in [2.75, 3.05) is 23.7 Å². The van der Waals surface area contributed by atoms with Crippen LogP contribution in [0.5, 0.6) is 0 Å². The van der Waals surface area contributed by atoms with Crippen LogP contribution in [0, 0.1) is 5.92 Å². The van der Waals surface area contributed by atoms with Crippen LogP contribution in [0.15, 0.2) is 18.2 Å². The molecule has 1 aromatic carbocycles. The summed E-state index contributed by atoms with van der Waals surface area (Å²) in [6.45, 7) is 3.17. The SMILES string of the molecule is CC(=O)Nc1ccc(NC(=O)C2CCNCC2)cc1Cl.Cl. The van der Waals surface area contributed by atoms with E-state index in [0.717, 1.165) is 25.9 Å². The van der Waals surface area contributed by atoms with Crippen molar-refractivity contribution in [3.63, 3.8) is 0 Å². The molecule has 0 atom stereocenters. The van der Waals surface area contributed by atoms with Gasteiger partial charge in [-0.05, 0) is 44.1 Å². The summed E-state index contributed by atoms with van der Waals surface area (Å²) in [6, 6.07) is 5.06. The van der Waals surface area contributed by atoms with Gasteiger partial charge in [-0.15, -0.1) is 12.4 Å². The van der Waals surface area contributed by atoms with Gasteiger partial charge in [0.25, 0.3) is 0 Å². The molecule has 0 bridgehead atoms. The van der Waals surface area contributed by atoms with Crippen molar-refractivity contribution in [2.24, 2.45) is 5.92 Å². The monoisotopic (exact) mass is 331 g/mol. The summed E-state index contributed by atoms with van der Waals surface area (Å²) in [6.07, 6.45) is 1.70. The molecule has 3 N–H and O–H groups in total. The molecule has 0 saturated carbocycles. The molecule has 2 amide bonds. The first kappa shape index (κ1) is 17.8. The van der Waals surface area contributed by atoms with Crippen LogP contribution < -0.4 is 16.0 Å². The number of amides is 2. The molecule has 7 heteroatoms. The largest absolute Gasteiger partial charge is 0.326 e. The molecule has 0 aromatic heterocycles. The molecular weight excluding hydrogens is 313 g/mol. The average Bonchev–Trinajstić information content (AvgIpc) is 2.42. The van der Waals surface area contributed by atoms with Gasteiger partial charge in [-0.1, -0.05) is 11.6 Å². The van der Waals surface area contributed by atoms with Crippen LogP contribution in [-0.2, 0) is 9.59 Å². The van der Waals surface area contributed by atoms with E-state index in [2.05, 4.69) is 16.0 Å². The van der Waals surface area contributed by atoms with Gasteiger partial charge >= 0.3 is 0 Å². The van der Waals surface area contributed by atoms with Crippen molar-refractivity contribution in [3.05, 3.63) is 23.2 Å². The number of halogens is 2. The molecule has 1 heterocycles. The van der Waals surface area contributed by atoms with Crippen LogP contribution in [0.3, 0.4) is 0 Å². The van der Waals surface area contributed by atoms with Crippen molar-refractivity contribution in [1.29, 1.82) is 0 Å². The van der Waals surface area contributed by atoms with Crippen molar-refractivity contribution in [2.45, 2.75) is 19.8 Å². The number of piperidine rings is 1. The second kappa shape index (κ2) is 8.22. The zero-order valence-corrected chi connectivity index (χ0v) is 13.3. The lowest BCUT2D eigenvalue weighted by molar-refractivity contribution is -0.120. The zero-order chi connectivity index (χ0) is 14.5. The second-order valence-electron chi connectivity index (χ2n) is 4.89. The lowest BCUT2D eigenvalue weighted by Crippen LogP contribution is -2.34. The van der Waals surface area contributed by atoms with Gasteiger partial charge in [-0.3, -0.25) is 9.59 Å². The number of carbonyl (C=O) groups excluding carboxylic acids is 2. The van der Waals surface area contributed by atoms with E-state index in [1.807, 2.05) is 0 Å². The van der Waals surface area contributed by atoms with Crippen LogP contribution in [0.25, 0.3) is 0 Å². The predicted octanol–water partition coefficient (Wildman–Crippen LogP) is 2.66. The molecule has 21 heavy (non-hydrogen) atoms. The Morgan fingerprint density at radius 1 is 1.24 bits per heavy atom. The minimum absolute atomic E-state index is 0. The van der Waals surface area contributed by atoms with Crippen LogP contribution in [0.2, 0.25) is 5.02 Å². The molecule has 0 unspecified atom stereocenters. The van der Waals surface area contributed by atoms with Gasteiger partial charge in [0.05, 0.1) is 10.7 Å². The minimum atomic E-state index is -0.182. The number of hydrogen-bond donors (Lipinski definition) is 3. The highest BCUT2D eigenvalue weighted by Gasteiger charge is 2.20. The summed E-state index contributed by atoms with van der Waals surface area (Å²) in [5.41, 5.74) is 1.19. The van der Waals surface area contributed by atoms with E-state index in [9.17, 15) is 9.59 Å². The van der Waals surface area contributed by atoms with E-state index in [1.54, 1.807) is 18.2 Å². The summed E-state index contributed by atoms with van der Waals surface area (Å²) in [7, 11) is 0. The topological polar surface area (TPSA) is 70.2 Å². The van der Waals surface area contributed by atoms with Gasteiger partial charge in [-0.25, -0.2) is 0 Å². The average molecular weight is 332 g/mol. The number of hydrogen-bond acceptors (Lipinski definition) is 3. The molecule has 116 valence electrons. The standard InChI is InChI=1S/C14H18ClN3O2.ClH/c1-9(19)17-13-3-2-11(8-12(13)15)18-14(20)10-4-6-16-7-5-10;/h2-3,8,10,16H,4-7H2,1H3,(H,17,19)(H,18,20);1H. The third-order valence-corrected chi connectivity index (χ3v) is 3.57. The predicted molar refractivity (Wildman–Crippen MR) is 87.2 cm³/mol. The molecule has 5 nitrogen and oxygen atoms in total. The maximum Gasteiger partial charge on any atom is 0.227 e. The fourth-order valence-corrected chi connectivity index (χ4v) is 2.44. The number of carbonyl (C=O) groups is 2. The Balaban J connectivity index is 0.00000220. The summed E-state index contributed by atoms with van der Waals surface area (Å²) >= 11 is 6.07. The van der Waals surface area contributed by atoms with Crippen molar-refractivity contribution in [3.8, 4) is 0 Å². The third-order valence-electron chi connectivity index (χ3n) is 3.26. The number of nitrogens with one attached hydrogen (secondary N) is 3. The highest BCUT2D eigenvalue weighted by atomic mass is 35.5. The molecule has 2 rings (SSSR count). The molecule has 0 aliphatic carbocycles. The Labute approximate surface area is 135 Å². The number of benzene rings is 1. The highest BCUT2D eigenvalue weighted by molar-refractivity contribution is 6.34. The molecular formula is C14H19Cl2N3O2. The first-order chi connectivity index (χ1) is 9.56. The summed E-state index contributed by atoms with van der Waals surface area (Å²) in [5, 5.41) is 9.13. The quantitative estimate of drug-likeness (QED) is 0.797. The molecule has 0 spiro atoms. The van der Waals surface area contributed by atoms with E-state index >= 15 is 0 Å². The molecule has 1 saturated heterocycles. The maximum atomic E-state index is 12.1. The Morgan fingerprint density at radius 2 is 1.90 bits per heavy atom. The molecule has 1 aliphatic heterocycles. The van der Waals surface area contributed by atoms with Gasteiger partial charge in [-0.2, -0.15) is 0 Å². The number of anilines is 2. The summed E-state index contributed by atoms with van der Waals surface area (Å²) < 4.78 is 0. The van der Waals surface area contributed by atoms with Gasteiger partial charge in [0.2, 0.25) is 11.8 Å². The van der Waals surface area contributed by atoms with Crippen LogP contribution in [-0.4, -0.2) is 24.9 Å². The maximum absolute atomic E-state index is 12.1. The Bertz CT molecular complexity index is 517. The van der Waals surface area contributed by atoms with E-state index in [1.165, 1.54) is 6.92 Å². The van der Waals surface area contributed by atoms with Crippen LogP contribution >= 0.6 is 24.0 Å². The smallest absolute Gasteiger partial charge is 0.227 e. The van der Waals surface area contributed by atoms with E-state index in [4.69, 9.17) is 11.6 Å². The number of rotatable bonds is 3. The van der Waals surface area contributed by atoms with Gasteiger partial charge in [0.15, 0.2) is 0 Å². The summed E-state index contributed by atoms with van der Waals surface area (Å²) in [5.74, 6) is -0.113. The van der Waals surface area contributed by atoms with E-state index in [0.29, 0.717) is 16.4 Å². The van der Waals surface area contributed by atoms with Gasteiger partial charge < -0.3 is 16.0 Å². The third kappa shape index (κ3) is 5.19. The first-order valence-corrected chi connectivity index (χ1v) is 7.03. The van der Waals surface area contributed by atoms with Gasteiger partial charge in [0.1, 0.15) is 0 Å². The lowest BCUT2D eigenvalue weighted by atomic mass is 9.97. The fourth-order valence-electron chi connectivity index (χ4n) is 2.21. The molecule has 1 aromatic rings. The van der Waals surface area contributed by atoms with Crippen molar-refractivity contribution < 1.29 is 9.59 Å². The fraction of sp³-hybridized carbons (Fsp3) is 0.429. The van der Waals surface area contributed by atoms with Crippen molar-refractivity contribution >= 4 is 47.2 Å². The van der Waals surface area contributed by atoms with E-state index < -0.39 is 0 Å². The Hall–Kier alpha value is -1.30. The highest BCUT2D eigenvalue weighted by Crippen LogP contribution is 2.26. The molecule has 1 aliphatic rings. The lowest BCUT2D eigenvalue weighted by Gasteiger charge is -2.21. The molecule has 1 fully saturated rings. The minimum Gasteiger partial charge on any atom is -0.326 e. The Morgan fingerprint density at radius 3 is 2.48 bits per heavy atom. The normalized spacial score (nSPS) is 15.0.